The van der Waals surface area contributed by atoms with Gasteiger partial charge in [0.2, 0.25) is 0 Å². The molecule has 1 heterocycles. The lowest BCUT2D eigenvalue weighted by molar-refractivity contribution is -0.161. The first-order valence-electron chi connectivity index (χ1n) is 12.0. The van der Waals surface area contributed by atoms with Gasteiger partial charge in [-0.1, -0.05) is 54.1 Å². The molecule has 3 aromatic rings. The Kier molecular flexibility index (Phi) is 8.51. The number of hydrogen-bond donors (Lipinski definition) is 1. The van der Waals surface area contributed by atoms with Crippen LogP contribution in [-0.4, -0.2) is 56.9 Å². The van der Waals surface area contributed by atoms with Crippen LogP contribution >= 0.6 is 0 Å². The van der Waals surface area contributed by atoms with E-state index in [1.165, 1.54) is 12.1 Å². The minimum absolute atomic E-state index is 0.00509. The normalized spacial score (nSPS) is 20.8. The lowest BCUT2D eigenvalue weighted by Crippen LogP contribution is -2.48. The minimum atomic E-state index is -4.19. The highest BCUT2D eigenvalue weighted by Gasteiger charge is 2.50. The topological polar surface area (TPSA) is 101 Å². The predicted molar refractivity (Wildman–Crippen MR) is 137 cm³/mol. The van der Waals surface area contributed by atoms with Gasteiger partial charge < -0.3 is 24.1 Å². The molecule has 0 unspecified atom stereocenters. The first-order chi connectivity index (χ1) is 17.6. The zero-order valence-corrected chi connectivity index (χ0v) is 21.8. The highest BCUT2D eigenvalue weighted by molar-refractivity contribution is 7.86. The summed E-state index contributed by atoms with van der Waals surface area (Å²) < 4.78 is 55.8. The number of aliphatic hydroxyl groups is 1. The third kappa shape index (κ3) is 7.30. The Labute approximate surface area is 217 Å². The number of hydrogen-bond acceptors (Lipinski definition) is 8. The molecule has 0 spiro atoms. The molecular formula is C28H32O8S. The van der Waals surface area contributed by atoms with E-state index in [0.717, 1.165) is 5.56 Å². The van der Waals surface area contributed by atoms with E-state index in [9.17, 15) is 13.5 Å². The summed E-state index contributed by atoms with van der Waals surface area (Å²) in [5.74, 6) is 0.00959. The first kappa shape index (κ1) is 27.1. The summed E-state index contributed by atoms with van der Waals surface area (Å²) in [6, 6.07) is 24.4. The predicted octanol–water partition coefficient (Wildman–Crippen LogP) is 4.11. The van der Waals surface area contributed by atoms with Crippen molar-refractivity contribution in [2.75, 3.05) is 13.2 Å². The summed E-state index contributed by atoms with van der Waals surface area (Å²) in [4.78, 5) is 0.00509. The van der Waals surface area contributed by atoms with Crippen LogP contribution < -0.4 is 9.47 Å². The van der Waals surface area contributed by atoms with Gasteiger partial charge in [-0.05, 0) is 57.2 Å². The van der Waals surface area contributed by atoms with E-state index >= 15 is 0 Å². The summed E-state index contributed by atoms with van der Waals surface area (Å²) in [6.45, 7) is 4.98. The molecular weight excluding hydrogens is 496 g/mol. The molecule has 3 aromatic carbocycles. The molecule has 198 valence electrons. The number of rotatable bonds is 11. The Balaban J connectivity index is 1.57. The van der Waals surface area contributed by atoms with Gasteiger partial charge in [-0.15, -0.1) is 0 Å². The highest BCUT2D eigenvalue weighted by Crippen LogP contribution is 2.34. The van der Waals surface area contributed by atoms with Crippen molar-refractivity contribution in [3.8, 4) is 11.5 Å². The number of aliphatic hydroxyl groups excluding tert-OH is 1. The summed E-state index contributed by atoms with van der Waals surface area (Å²) in [6.07, 6.45) is -4.20. The van der Waals surface area contributed by atoms with Gasteiger partial charge in [0.15, 0.2) is 5.79 Å². The van der Waals surface area contributed by atoms with Crippen LogP contribution in [0.25, 0.3) is 0 Å². The zero-order chi connectivity index (χ0) is 26.5. The van der Waals surface area contributed by atoms with Crippen molar-refractivity contribution in [3.63, 3.8) is 0 Å². The maximum absolute atomic E-state index is 13.2. The molecule has 9 heteroatoms. The Hall–Kier alpha value is -2.95. The second-order valence-electron chi connectivity index (χ2n) is 9.28. The molecule has 4 rings (SSSR count). The van der Waals surface area contributed by atoms with Crippen molar-refractivity contribution >= 4 is 10.1 Å². The molecule has 0 saturated carbocycles. The Morgan fingerprint density at radius 3 is 1.89 bits per heavy atom. The van der Waals surface area contributed by atoms with E-state index < -0.39 is 40.3 Å². The Morgan fingerprint density at radius 2 is 1.32 bits per heavy atom. The number of benzene rings is 3. The van der Waals surface area contributed by atoms with Crippen LogP contribution in [0, 0.1) is 6.92 Å². The third-order valence-electron chi connectivity index (χ3n) is 5.79. The van der Waals surface area contributed by atoms with Gasteiger partial charge in [0, 0.05) is 0 Å². The SMILES string of the molecule is Cc1ccc(S(=O)(=O)O[C@H](COc2ccccc2)[C@H]2OC(C)(C)O[C@@H]2[C@H](O)COc2ccccc2)cc1. The Morgan fingerprint density at radius 1 is 0.811 bits per heavy atom. The molecule has 0 bridgehead atoms. The van der Waals surface area contributed by atoms with E-state index in [1.807, 2.05) is 31.2 Å². The standard InChI is InChI=1S/C28H32O8S/c1-20-14-16-23(17-15-20)37(30,31)36-25(19-33-22-12-8-5-9-13-22)27-26(34-28(2,3)35-27)24(29)18-32-21-10-6-4-7-11-21/h4-17,24-27,29H,18-19H2,1-3H3/t24-,25-,26-,27-/m1/s1. The van der Waals surface area contributed by atoms with Crippen molar-refractivity contribution in [3.05, 3.63) is 90.5 Å². The maximum Gasteiger partial charge on any atom is 0.297 e. The quantitative estimate of drug-likeness (QED) is 0.371. The average Bonchev–Trinajstić information content (AvgIpc) is 3.22. The number of aryl methyl sites for hydroxylation is 1. The molecule has 4 atom stereocenters. The van der Waals surface area contributed by atoms with Crippen LogP contribution in [0.2, 0.25) is 0 Å². The van der Waals surface area contributed by atoms with Crippen molar-refractivity contribution in [1.82, 2.24) is 0 Å². The van der Waals surface area contributed by atoms with Gasteiger partial charge >= 0.3 is 0 Å². The number of para-hydroxylation sites is 2. The van der Waals surface area contributed by atoms with Gasteiger partial charge in [0.1, 0.15) is 49.1 Å². The second kappa shape index (κ2) is 11.6. The lowest BCUT2D eigenvalue weighted by Gasteiger charge is -2.28. The molecule has 1 saturated heterocycles. The smallest absolute Gasteiger partial charge is 0.297 e. The Bertz CT molecular complexity index is 1230. The van der Waals surface area contributed by atoms with Crippen molar-refractivity contribution in [1.29, 1.82) is 0 Å². The van der Waals surface area contributed by atoms with E-state index in [1.54, 1.807) is 62.4 Å². The van der Waals surface area contributed by atoms with E-state index in [0.29, 0.717) is 11.5 Å². The van der Waals surface area contributed by atoms with Crippen molar-refractivity contribution < 1.29 is 36.7 Å². The fourth-order valence-electron chi connectivity index (χ4n) is 3.99. The number of ether oxygens (including phenoxy) is 4. The van der Waals surface area contributed by atoms with E-state index in [2.05, 4.69) is 0 Å². The lowest BCUT2D eigenvalue weighted by atomic mass is 10.0. The summed E-state index contributed by atoms with van der Waals surface area (Å²) in [5.41, 5.74) is 0.916. The fourth-order valence-corrected chi connectivity index (χ4v) is 5.06. The molecule has 0 aliphatic carbocycles. The fraction of sp³-hybridized carbons (Fsp3) is 0.357. The maximum atomic E-state index is 13.2. The third-order valence-corrected chi connectivity index (χ3v) is 7.14. The summed E-state index contributed by atoms with van der Waals surface area (Å²) in [7, 11) is -4.19. The largest absolute Gasteiger partial charge is 0.491 e. The van der Waals surface area contributed by atoms with Crippen LogP contribution in [-0.2, 0) is 23.8 Å². The van der Waals surface area contributed by atoms with Gasteiger partial charge in [0.05, 0.1) is 4.90 Å². The zero-order valence-electron chi connectivity index (χ0n) is 21.0. The molecule has 1 N–H and O–H groups in total. The molecule has 1 aliphatic rings. The van der Waals surface area contributed by atoms with Crippen LogP contribution in [0.15, 0.2) is 89.8 Å². The average molecular weight is 529 g/mol. The molecule has 1 aliphatic heterocycles. The van der Waals surface area contributed by atoms with E-state index in [-0.39, 0.29) is 18.1 Å². The highest BCUT2D eigenvalue weighted by atomic mass is 32.2. The van der Waals surface area contributed by atoms with Gasteiger partial charge in [-0.2, -0.15) is 8.42 Å². The molecule has 1 fully saturated rings. The second-order valence-corrected chi connectivity index (χ2v) is 10.9. The monoisotopic (exact) mass is 528 g/mol. The molecule has 37 heavy (non-hydrogen) atoms. The van der Waals surface area contributed by atoms with Gasteiger partial charge in [-0.25, -0.2) is 0 Å². The van der Waals surface area contributed by atoms with Crippen LogP contribution in [0.5, 0.6) is 11.5 Å². The van der Waals surface area contributed by atoms with Crippen LogP contribution in [0.3, 0.4) is 0 Å². The molecule has 8 nitrogen and oxygen atoms in total. The van der Waals surface area contributed by atoms with Crippen LogP contribution in [0.1, 0.15) is 19.4 Å². The summed E-state index contributed by atoms with van der Waals surface area (Å²) in [5, 5.41) is 11.0. The summed E-state index contributed by atoms with van der Waals surface area (Å²) >= 11 is 0. The molecule has 0 amide bonds. The van der Waals surface area contributed by atoms with Gasteiger partial charge in [0.25, 0.3) is 10.1 Å². The van der Waals surface area contributed by atoms with Crippen molar-refractivity contribution in [2.24, 2.45) is 0 Å². The minimum Gasteiger partial charge on any atom is -0.491 e. The van der Waals surface area contributed by atoms with Crippen molar-refractivity contribution in [2.45, 2.75) is 55.9 Å². The van der Waals surface area contributed by atoms with Gasteiger partial charge in [-0.3, -0.25) is 4.18 Å². The van der Waals surface area contributed by atoms with E-state index in [4.69, 9.17) is 23.1 Å². The van der Waals surface area contributed by atoms with Crippen LogP contribution in [0.4, 0.5) is 0 Å². The first-order valence-corrected chi connectivity index (χ1v) is 13.4. The molecule has 0 radical (unpaired) electrons. The molecule has 0 aromatic heterocycles.